The molecule has 1 amide bonds. The minimum absolute atomic E-state index is 0.0583. The van der Waals surface area contributed by atoms with Crippen molar-refractivity contribution in [2.75, 3.05) is 18.0 Å². The number of ether oxygens (including phenoxy) is 1. The molecule has 2 aliphatic rings. The predicted molar refractivity (Wildman–Crippen MR) is 126 cm³/mol. The second-order valence-corrected chi connectivity index (χ2v) is 9.09. The number of benzene rings is 1. The highest BCUT2D eigenvalue weighted by molar-refractivity contribution is 6.31. The van der Waals surface area contributed by atoms with Gasteiger partial charge in [0.05, 0.1) is 28.6 Å². The lowest BCUT2D eigenvalue weighted by Crippen LogP contribution is -2.40. The van der Waals surface area contributed by atoms with Crippen LogP contribution in [0.5, 0.6) is 5.75 Å². The molecule has 1 aromatic heterocycles. The van der Waals surface area contributed by atoms with Crippen molar-refractivity contribution in [3.8, 4) is 11.8 Å². The summed E-state index contributed by atoms with van der Waals surface area (Å²) in [6.45, 7) is 1.66. The van der Waals surface area contributed by atoms with Crippen LogP contribution in [0.2, 0.25) is 5.02 Å². The lowest BCUT2D eigenvalue weighted by Gasteiger charge is -2.31. The zero-order chi connectivity index (χ0) is 23.2. The van der Waals surface area contributed by atoms with Crippen molar-refractivity contribution in [1.29, 1.82) is 5.26 Å². The van der Waals surface area contributed by atoms with E-state index in [0.717, 1.165) is 63.6 Å². The number of amides is 1. The van der Waals surface area contributed by atoms with Gasteiger partial charge in [0.15, 0.2) is 0 Å². The lowest BCUT2D eigenvalue weighted by molar-refractivity contribution is -0.111. The fourth-order valence-corrected chi connectivity index (χ4v) is 4.65. The molecule has 8 heteroatoms. The number of aromatic nitrogens is 1. The molecule has 1 saturated heterocycles. The van der Waals surface area contributed by atoms with Crippen LogP contribution in [0.1, 0.15) is 54.6 Å². The first-order chi connectivity index (χ1) is 16.1. The average Bonchev–Trinajstić information content (AvgIpc) is 2.85. The number of carbonyl (C=O) groups is 2. The van der Waals surface area contributed by atoms with Gasteiger partial charge in [-0.1, -0.05) is 11.6 Å². The molecule has 33 heavy (non-hydrogen) atoms. The third kappa shape index (κ3) is 5.82. The lowest BCUT2D eigenvalue weighted by atomic mass is 9.92. The van der Waals surface area contributed by atoms with E-state index < -0.39 is 0 Å². The molecule has 0 atom stereocenters. The van der Waals surface area contributed by atoms with Crippen molar-refractivity contribution in [1.82, 2.24) is 10.3 Å². The van der Waals surface area contributed by atoms with E-state index in [9.17, 15) is 9.59 Å². The molecule has 2 aromatic rings. The van der Waals surface area contributed by atoms with Crippen LogP contribution in [0.4, 0.5) is 5.69 Å². The van der Waals surface area contributed by atoms with Crippen LogP contribution in [0.3, 0.4) is 0 Å². The third-order valence-electron chi connectivity index (χ3n) is 6.45. The predicted octanol–water partition coefficient (Wildman–Crippen LogP) is 4.14. The van der Waals surface area contributed by atoms with Crippen LogP contribution in [-0.4, -0.2) is 42.4 Å². The highest BCUT2D eigenvalue weighted by atomic mass is 35.5. The summed E-state index contributed by atoms with van der Waals surface area (Å²) in [4.78, 5) is 30.2. The summed E-state index contributed by atoms with van der Waals surface area (Å²) in [6.07, 6.45) is 7.86. The summed E-state index contributed by atoms with van der Waals surface area (Å²) >= 11 is 6.08. The van der Waals surface area contributed by atoms with Gasteiger partial charge in [-0.05, 0) is 62.8 Å². The topological polar surface area (TPSA) is 95.3 Å². The summed E-state index contributed by atoms with van der Waals surface area (Å²) in [7, 11) is 0. The number of nitrogens with one attached hydrogen (secondary N) is 1. The Kier molecular flexibility index (Phi) is 7.46. The van der Waals surface area contributed by atoms with E-state index in [4.69, 9.17) is 21.6 Å². The summed E-state index contributed by atoms with van der Waals surface area (Å²) in [6, 6.07) is 10.9. The minimum Gasteiger partial charge on any atom is -0.490 e. The number of halogens is 1. The summed E-state index contributed by atoms with van der Waals surface area (Å²) in [5, 5.41) is 12.5. The van der Waals surface area contributed by atoms with Gasteiger partial charge in [0.2, 0.25) is 0 Å². The molecular formula is C25H27ClN4O3. The van der Waals surface area contributed by atoms with E-state index in [1.54, 1.807) is 30.5 Å². The fourth-order valence-electron chi connectivity index (χ4n) is 4.44. The number of aldehydes is 1. The fraction of sp³-hybridized carbons (Fsp3) is 0.440. The number of anilines is 1. The van der Waals surface area contributed by atoms with Crippen molar-refractivity contribution >= 4 is 29.5 Å². The van der Waals surface area contributed by atoms with E-state index in [1.807, 2.05) is 12.1 Å². The van der Waals surface area contributed by atoms with Crippen LogP contribution in [0.15, 0.2) is 36.5 Å². The Bertz CT molecular complexity index is 1020. The molecule has 1 aromatic carbocycles. The first-order valence-electron chi connectivity index (χ1n) is 11.4. The maximum atomic E-state index is 12.7. The zero-order valence-electron chi connectivity index (χ0n) is 18.4. The van der Waals surface area contributed by atoms with Gasteiger partial charge in [0.1, 0.15) is 23.8 Å². The molecule has 0 radical (unpaired) electrons. The van der Waals surface area contributed by atoms with Gasteiger partial charge in [0.25, 0.3) is 5.91 Å². The van der Waals surface area contributed by atoms with Crippen molar-refractivity contribution in [3.05, 3.63) is 52.8 Å². The molecule has 1 aliphatic heterocycles. The highest BCUT2D eigenvalue weighted by Crippen LogP contribution is 2.27. The molecule has 1 saturated carbocycles. The van der Waals surface area contributed by atoms with Crippen molar-refractivity contribution < 1.29 is 14.3 Å². The van der Waals surface area contributed by atoms with Gasteiger partial charge < -0.3 is 19.7 Å². The Labute approximate surface area is 198 Å². The number of pyridine rings is 1. The molecule has 7 nitrogen and oxygen atoms in total. The number of nitriles is 1. The van der Waals surface area contributed by atoms with E-state index >= 15 is 0 Å². The maximum absolute atomic E-state index is 12.7. The van der Waals surface area contributed by atoms with Gasteiger partial charge in [-0.15, -0.1) is 0 Å². The van der Waals surface area contributed by atoms with Gasteiger partial charge >= 0.3 is 0 Å². The summed E-state index contributed by atoms with van der Waals surface area (Å²) in [5.41, 5.74) is 1.82. The standard InChI is InChI=1S/C25H27ClN4O3/c26-23-13-22(5-1-18(23)14-27)33-21-6-2-19(3-7-21)29-25(32)24-8-4-20(15-28-24)30-11-9-17(16-31)10-12-30/h1,4-5,8,13,15-17,19,21H,2-3,6-7,9-12H2,(H,29,32)/t19-,21-. The van der Waals surface area contributed by atoms with E-state index in [-0.39, 0.29) is 24.0 Å². The van der Waals surface area contributed by atoms with Crippen LogP contribution in [0, 0.1) is 17.2 Å². The van der Waals surface area contributed by atoms with E-state index in [0.29, 0.717) is 22.0 Å². The molecular weight excluding hydrogens is 440 g/mol. The number of carbonyl (C=O) groups excluding carboxylic acids is 2. The van der Waals surface area contributed by atoms with Crippen LogP contribution in [0.25, 0.3) is 0 Å². The van der Waals surface area contributed by atoms with E-state index in [1.165, 1.54) is 0 Å². The molecule has 0 spiro atoms. The van der Waals surface area contributed by atoms with Gasteiger partial charge in [-0.2, -0.15) is 5.26 Å². The van der Waals surface area contributed by atoms with Crippen LogP contribution >= 0.6 is 11.6 Å². The van der Waals surface area contributed by atoms with Gasteiger partial charge in [0, 0.05) is 31.1 Å². The molecule has 2 fully saturated rings. The van der Waals surface area contributed by atoms with Crippen LogP contribution in [-0.2, 0) is 4.79 Å². The number of hydrogen-bond acceptors (Lipinski definition) is 6. The van der Waals surface area contributed by atoms with Gasteiger partial charge in [-0.3, -0.25) is 4.79 Å². The second kappa shape index (κ2) is 10.7. The van der Waals surface area contributed by atoms with Crippen molar-refractivity contribution in [3.63, 3.8) is 0 Å². The number of piperidine rings is 1. The Morgan fingerprint density at radius 2 is 1.91 bits per heavy atom. The SMILES string of the molecule is N#Cc1ccc(O[C@H]2CC[C@H](NC(=O)c3ccc(N4CCC(C=O)CC4)cn3)CC2)cc1Cl. The molecule has 4 rings (SSSR count). The first-order valence-corrected chi connectivity index (χ1v) is 11.8. The zero-order valence-corrected chi connectivity index (χ0v) is 19.1. The average molecular weight is 467 g/mol. The normalized spacial score (nSPS) is 21.2. The molecule has 0 bridgehead atoms. The molecule has 0 unspecified atom stereocenters. The van der Waals surface area contributed by atoms with Crippen molar-refractivity contribution in [2.24, 2.45) is 5.92 Å². The Hall–Kier alpha value is -3.11. The Balaban J connectivity index is 1.24. The molecule has 2 heterocycles. The summed E-state index contributed by atoms with van der Waals surface area (Å²) in [5.74, 6) is 0.650. The van der Waals surface area contributed by atoms with Crippen molar-refractivity contribution in [2.45, 2.75) is 50.7 Å². The quantitative estimate of drug-likeness (QED) is 0.643. The van der Waals surface area contributed by atoms with Crippen LogP contribution < -0.4 is 15.0 Å². The van der Waals surface area contributed by atoms with Gasteiger partial charge in [-0.25, -0.2) is 4.98 Å². The number of hydrogen-bond donors (Lipinski definition) is 1. The Morgan fingerprint density at radius 1 is 1.15 bits per heavy atom. The van der Waals surface area contributed by atoms with E-state index in [2.05, 4.69) is 15.2 Å². The molecule has 172 valence electrons. The maximum Gasteiger partial charge on any atom is 0.270 e. The highest BCUT2D eigenvalue weighted by Gasteiger charge is 2.25. The summed E-state index contributed by atoms with van der Waals surface area (Å²) < 4.78 is 6.02. The largest absolute Gasteiger partial charge is 0.490 e. The minimum atomic E-state index is -0.163. The monoisotopic (exact) mass is 466 g/mol. The smallest absolute Gasteiger partial charge is 0.270 e. The third-order valence-corrected chi connectivity index (χ3v) is 6.76. The molecule has 1 N–H and O–H groups in total. The molecule has 1 aliphatic carbocycles. The number of rotatable bonds is 6. The second-order valence-electron chi connectivity index (χ2n) is 8.68. The number of nitrogens with zero attached hydrogens (tertiary/aromatic N) is 3. The first kappa shape index (κ1) is 23.1. The Morgan fingerprint density at radius 3 is 2.52 bits per heavy atom.